The summed E-state index contributed by atoms with van der Waals surface area (Å²) in [6.07, 6.45) is 4.56. The summed E-state index contributed by atoms with van der Waals surface area (Å²) in [6, 6.07) is 11.1. The predicted molar refractivity (Wildman–Crippen MR) is 118 cm³/mol. The highest BCUT2D eigenvalue weighted by Gasteiger charge is 2.32. The molecule has 0 radical (unpaired) electrons. The number of rotatable bonds is 6. The van der Waals surface area contributed by atoms with Gasteiger partial charge in [-0.05, 0) is 62.2 Å². The number of piperazine rings is 1. The third-order valence-electron chi connectivity index (χ3n) is 6.28. The topological polar surface area (TPSA) is 75.0 Å². The Balaban J connectivity index is 1.37. The predicted octanol–water partition coefficient (Wildman–Crippen LogP) is 2.69. The van der Waals surface area contributed by atoms with Crippen LogP contribution in [0.5, 0.6) is 5.75 Å². The molecule has 1 N–H and O–H groups in total. The monoisotopic (exact) mass is 420 g/mol. The standard InChI is InChI=1S/C23H28N6O2/c1-27-11-12-28(13-16-3-4-16)15-20(27)22-26-25-21-10-5-17(14-29(21)22)23(30)24-18-6-8-19(31-2)9-7-18/h5-10,14,16,20H,3-4,11-13,15H2,1-2H3,(H,24,30)/t20-/m0/s1. The molecule has 5 rings (SSSR count). The van der Waals surface area contributed by atoms with E-state index in [1.54, 1.807) is 13.2 Å². The maximum Gasteiger partial charge on any atom is 0.257 e. The first-order valence-electron chi connectivity index (χ1n) is 10.8. The van der Waals surface area contributed by atoms with Crippen molar-refractivity contribution in [1.29, 1.82) is 0 Å². The van der Waals surface area contributed by atoms with Crippen LogP contribution in [0.3, 0.4) is 0 Å². The number of amides is 1. The van der Waals surface area contributed by atoms with E-state index in [0.29, 0.717) is 5.56 Å². The van der Waals surface area contributed by atoms with Crippen LogP contribution in [0.2, 0.25) is 0 Å². The Morgan fingerprint density at radius 2 is 1.94 bits per heavy atom. The SMILES string of the molecule is COc1ccc(NC(=O)c2ccc3nnc([C@@H]4CN(CC5CC5)CCN4C)n3c2)cc1. The Kier molecular flexibility index (Phi) is 5.33. The zero-order valence-electron chi connectivity index (χ0n) is 18.0. The molecule has 8 nitrogen and oxygen atoms in total. The summed E-state index contributed by atoms with van der Waals surface area (Å²) in [7, 11) is 3.76. The van der Waals surface area contributed by atoms with Gasteiger partial charge in [-0.15, -0.1) is 10.2 Å². The van der Waals surface area contributed by atoms with Gasteiger partial charge in [-0.3, -0.25) is 19.0 Å². The first kappa shape index (κ1) is 20.0. The lowest BCUT2D eigenvalue weighted by molar-refractivity contribution is 0.0870. The van der Waals surface area contributed by atoms with Crippen LogP contribution in [-0.2, 0) is 0 Å². The van der Waals surface area contributed by atoms with Crippen LogP contribution in [0.1, 0.15) is 35.1 Å². The van der Waals surface area contributed by atoms with Crippen LogP contribution in [0.4, 0.5) is 5.69 Å². The highest BCUT2D eigenvalue weighted by Crippen LogP contribution is 2.32. The molecule has 162 valence electrons. The van der Waals surface area contributed by atoms with Gasteiger partial charge < -0.3 is 10.1 Å². The van der Waals surface area contributed by atoms with Crippen LogP contribution in [0.15, 0.2) is 42.6 Å². The van der Waals surface area contributed by atoms with E-state index in [4.69, 9.17) is 4.74 Å². The Bertz CT molecular complexity index is 1080. The molecule has 2 aromatic heterocycles. The number of likely N-dealkylation sites (N-methyl/N-ethyl adjacent to an activating group) is 1. The average molecular weight is 421 g/mol. The van der Waals surface area contributed by atoms with Gasteiger partial charge in [0.2, 0.25) is 0 Å². The van der Waals surface area contributed by atoms with E-state index in [2.05, 4.69) is 32.4 Å². The van der Waals surface area contributed by atoms with E-state index in [-0.39, 0.29) is 11.9 Å². The zero-order valence-corrected chi connectivity index (χ0v) is 18.0. The molecule has 3 aromatic rings. The van der Waals surface area contributed by atoms with E-state index < -0.39 is 0 Å². The number of benzene rings is 1. The van der Waals surface area contributed by atoms with Crippen molar-refractivity contribution in [3.8, 4) is 5.75 Å². The minimum Gasteiger partial charge on any atom is -0.497 e. The van der Waals surface area contributed by atoms with Gasteiger partial charge in [0.25, 0.3) is 5.91 Å². The van der Waals surface area contributed by atoms with Crippen molar-refractivity contribution in [2.45, 2.75) is 18.9 Å². The third kappa shape index (κ3) is 4.26. The van der Waals surface area contributed by atoms with Crippen molar-refractivity contribution in [3.05, 3.63) is 54.0 Å². The minimum atomic E-state index is -0.168. The number of ether oxygens (including phenoxy) is 1. The molecule has 3 heterocycles. The largest absolute Gasteiger partial charge is 0.497 e. The van der Waals surface area contributed by atoms with Crippen molar-refractivity contribution < 1.29 is 9.53 Å². The fourth-order valence-electron chi connectivity index (χ4n) is 4.19. The van der Waals surface area contributed by atoms with Gasteiger partial charge >= 0.3 is 0 Å². The fraction of sp³-hybridized carbons (Fsp3) is 0.435. The van der Waals surface area contributed by atoms with Gasteiger partial charge in [-0.25, -0.2) is 0 Å². The zero-order chi connectivity index (χ0) is 21.4. The molecule has 1 saturated carbocycles. The normalized spacial score (nSPS) is 20.1. The summed E-state index contributed by atoms with van der Waals surface area (Å²) in [5.74, 6) is 2.34. The fourth-order valence-corrected chi connectivity index (χ4v) is 4.19. The van der Waals surface area contributed by atoms with Crippen molar-refractivity contribution in [2.75, 3.05) is 45.7 Å². The molecule has 2 aliphatic rings. The number of hydrogen-bond donors (Lipinski definition) is 1. The molecule has 0 bridgehead atoms. The number of carbonyl (C=O) groups excluding carboxylic acids is 1. The van der Waals surface area contributed by atoms with Crippen molar-refractivity contribution in [1.82, 2.24) is 24.4 Å². The van der Waals surface area contributed by atoms with Crippen molar-refractivity contribution in [2.24, 2.45) is 5.92 Å². The van der Waals surface area contributed by atoms with E-state index in [0.717, 1.165) is 48.5 Å². The molecule has 1 saturated heterocycles. The summed E-state index contributed by atoms with van der Waals surface area (Å²) in [5, 5.41) is 11.8. The number of carbonyl (C=O) groups is 1. The molecule has 0 unspecified atom stereocenters. The first-order valence-corrected chi connectivity index (χ1v) is 10.8. The molecule has 1 aromatic carbocycles. The summed E-state index contributed by atoms with van der Waals surface area (Å²) >= 11 is 0. The number of methoxy groups -OCH3 is 1. The smallest absolute Gasteiger partial charge is 0.257 e. The van der Waals surface area contributed by atoms with Gasteiger partial charge in [0, 0.05) is 38.1 Å². The Hall–Kier alpha value is -2.97. The third-order valence-corrected chi connectivity index (χ3v) is 6.28. The number of pyridine rings is 1. The molecule has 2 fully saturated rings. The summed E-state index contributed by atoms with van der Waals surface area (Å²) < 4.78 is 7.14. The lowest BCUT2D eigenvalue weighted by Crippen LogP contribution is -2.47. The van der Waals surface area contributed by atoms with E-state index >= 15 is 0 Å². The van der Waals surface area contributed by atoms with Crippen LogP contribution in [0.25, 0.3) is 5.65 Å². The molecule has 31 heavy (non-hydrogen) atoms. The Morgan fingerprint density at radius 1 is 1.13 bits per heavy atom. The Morgan fingerprint density at radius 3 is 2.68 bits per heavy atom. The van der Waals surface area contributed by atoms with E-state index in [9.17, 15) is 4.79 Å². The van der Waals surface area contributed by atoms with Crippen LogP contribution >= 0.6 is 0 Å². The van der Waals surface area contributed by atoms with Gasteiger partial charge in [-0.2, -0.15) is 0 Å². The second-order valence-electron chi connectivity index (χ2n) is 8.59. The molecule has 1 aliphatic heterocycles. The number of fused-ring (bicyclic) bond motifs is 1. The highest BCUT2D eigenvalue weighted by atomic mass is 16.5. The lowest BCUT2D eigenvalue weighted by atomic mass is 10.1. The first-order chi connectivity index (χ1) is 15.1. The second kappa shape index (κ2) is 8.28. The van der Waals surface area contributed by atoms with Crippen molar-refractivity contribution >= 4 is 17.2 Å². The van der Waals surface area contributed by atoms with Crippen LogP contribution in [-0.4, -0.2) is 70.6 Å². The van der Waals surface area contributed by atoms with Gasteiger partial charge in [0.1, 0.15) is 5.75 Å². The number of nitrogens with zero attached hydrogens (tertiary/aromatic N) is 5. The molecule has 0 spiro atoms. The molecular formula is C23H28N6O2. The Labute approximate surface area is 181 Å². The van der Waals surface area contributed by atoms with E-state index in [1.807, 2.05) is 40.9 Å². The van der Waals surface area contributed by atoms with Crippen LogP contribution < -0.4 is 10.1 Å². The van der Waals surface area contributed by atoms with Crippen LogP contribution in [0, 0.1) is 5.92 Å². The number of hydrogen-bond acceptors (Lipinski definition) is 6. The maximum atomic E-state index is 12.9. The summed E-state index contributed by atoms with van der Waals surface area (Å²) in [5.41, 5.74) is 2.04. The molecule has 1 atom stereocenters. The lowest BCUT2D eigenvalue weighted by Gasteiger charge is -2.38. The summed E-state index contributed by atoms with van der Waals surface area (Å²) in [4.78, 5) is 17.7. The molecule has 1 amide bonds. The second-order valence-corrected chi connectivity index (χ2v) is 8.59. The molecule has 1 aliphatic carbocycles. The van der Waals surface area contributed by atoms with Gasteiger partial charge in [0.05, 0.1) is 18.7 Å². The molecular weight excluding hydrogens is 392 g/mol. The van der Waals surface area contributed by atoms with Gasteiger partial charge in [0.15, 0.2) is 11.5 Å². The number of aromatic nitrogens is 3. The minimum absolute atomic E-state index is 0.155. The number of anilines is 1. The van der Waals surface area contributed by atoms with E-state index in [1.165, 1.54) is 19.4 Å². The average Bonchev–Trinajstić information content (AvgIpc) is 3.51. The quantitative estimate of drug-likeness (QED) is 0.661. The van der Waals surface area contributed by atoms with Gasteiger partial charge in [-0.1, -0.05) is 0 Å². The van der Waals surface area contributed by atoms with Crippen molar-refractivity contribution in [3.63, 3.8) is 0 Å². The number of nitrogens with one attached hydrogen (secondary N) is 1. The maximum absolute atomic E-state index is 12.9. The molecule has 8 heteroatoms. The highest BCUT2D eigenvalue weighted by molar-refractivity contribution is 6.04. The summed E-state index contributed by atoms with van der Waals surface area (Å²) in [6.45, 7) is 4.21.